The van der Waals surface area contributed by atoms with Gasteiger partial charge in [-0.1, -0.05) is 19.1 Å². The second kappa shape index (κ2) is 6.30. The molecule has 90 valence electrons. The highest BCUT2D eigenvalue weighted by Crippen LogP contribution is 2.18. The van der Waals surface area contributed by atoms with E-state index < -0.39 is 0 Å². The summed E-state index contributed by atoms with van der Waals surface area (Å²) < 4.78 is 5.12. The maximum Gasteiger partial charge on any atom is 0.305 e. The molecule has 1 N–H and O–H groups in total. The van der Waals surface area contributed by atoms with Crippen molar-refractivity contribution < 1.29 is 14.3 Å². The lowest BCUT2D eigenvalue weighted by Gasteiger charge is -2.12. The third-order valence-electron chi connectivity index (χ3n) is 2.47. The van der Waals surface area contributed by atoms with Crippen LogP contribution in [0.3, 0.4) is 0 Å². The van der Waals surface area contributed by atoms with Crippen LogP contribution in [0.15, 0.2) is 12.2 Å². The van der Waals surface area contributed by atoms with E-state index in [2.05, 4.69) is 5.32 Å². The van der Waals surface area contributed by atoms with Crippen molar-refractivity contribution in [3.63, 3.8) is 0 Å². The number of nitrogens with one attached hydrogen (secondary N) is 1. The van der Waals surface area contributed by atoms with Gasteiger partial charge in [-0.3, -0.25) is 9.59 Å². The highest BCUT2D eigenvalue weighted by molar-refractivity contribution is 5.73. The summed E-state index contributed by atoms with van der Waals surface area (Å²) in [5.41, 5.74) is 0. The van der Waals surface area contributed by atoms with E-state index in [0.717, 1.165) is 12.8 Å². The van der Waals surface area contributed by atoms with Gasteiger partial charge in [-0.15, -0.1) is 0 Å². The molecule has 2 atom stereocenters. The number of esters is 1. The topological polar surface area (TPSA) is 55.4 Å². The molecule has 1 aliphatic carbocycles. The van der Waals surface area contributed by atoms with E-state index in [9.17, 15) is 9.59 Å². The first-order chi connectivity index (χ1) is 7.61. The Hall–Kier alpha value is -1.32. The Kier molecular flexibility index (Phi) is 5.02. The minimum absolute atomic E-state index is 0.0294. The van der Waals surface area contributed by atoms with Gasteiger partial charge in [0.2, 0.25) is 5.91 Å². The quantitative estimate of drug-likeness (QED) is 0.568. The van der Waals surface area contributed by atoms with E-state index in [4.69, 9.17) is 4.74 Å². The maximum atomic E-state index is 11.1. The molecule has 16 heavy (non-hydrogen) atoms. The number of amides is 1. The molecule has 1 rings (SSSR count). The summed E-state index contributed by atoms with van der Waals surface area (Å²) in [6, 6.07) is 0.0902. The Labute approximate surface area is 96.0 Å². The van der Waals surface area contributed by atoms with E-state index in [1.165, 1.54) is 6.92 Å². The van der Waals surface area contributed by atoms with Gasteiger partial charge in [0.15, 0.2) is 0 Å². The van der Waals surface area contributed by atoms with Crippen LogP contribution in [0.2, 0.25) is 0 Å². The van der Waals surface area contributed by atoms with Crippen molar-refractivity contribution in [1.82, 2.24) is 5.32 Å². The molecule has 1 aliphatic rings. The average Bonchev–Trinajstić information content (AvgIpc) is 2.62. The summed E-state index contributed by atoms with van der Waals surface area (Å²) in [5.74, 6) is 0.0646. The van der Waals surface area contributed by atoms with E-state index in [-0.39, 0.29) is 23.8 Å². The fourth-order valence-electron chi connectivity index (χ4n) is 1.74. The third-order valence-corrected chi connectivity index (χ3v) is 2.47. The Balaban J connectivity index is 2.20. The van der Waals surface area contributed by atoms with Gasteiger partial charge in [0.1, 0.15) is 0 Å². The first-order valence-electron chi connectivity index (χ1n) is 5.73. The van der Waals surface area contributed by atoms with Crippen molar-refractivity contribution >= 4 is 11.9 Å². The van der Waals surface area contributed by atoms with Crippen molar-refractivity contribution in [3.05, 3.63) is 12.2 Å². The first-order valence-corrected chi connectivity index (χ1v) is 5.73. The molecule has 0 saturated carbocycles. The Morgan fingerprint density at radius 3 is 2.81 bits per heavy atom. The first kappa shape index (κ1) is 12.7. The molecule has 0 aliphatic heterocycles. The number of carbonyl (C=O) groups is 2. The van der Waals surface area contributed by atoms with Crippen LogP contribution in [-0.2, 0) is 14.3 Å². The molecule has 0 unspecified atom stereocenters. The highest BCUT2D eigenvalue weighted by Gasteiger charge is 2.20. The normalized spacial score (nSPS) is 23.1. The summed E-state index contributed by atoms with van der Waals surface area (Å²) in [4.78, 5) is 22.0. The molecular formula is C12H19NO3. The number of carbonyl (C=O) groups excluding carboxylic acids is 2. The predicted octanol–water partition coefficient (Wildman–Crippen LogP) is 1.41. The van der Waals surface area contributed by atoms with Gasteiger partial charge in [0.05, 0.1) is 6.61 Å². The van der Waals surface area contributed by atoms with Crippen LogP contribution >= 0.6 is 0 Å². The van der Waals surface area contributed by atoms with Gasteiger partial charge >= 0.3 is 5.97 Å². The van der Waals surface area contributed by atoms with Crippen LogP contribution in [0, 0.1) is 5.92 Å². The summed E-state index contributed by atoms with van der Waals surface area (Å²) >= 11 is 0. The molecule has 0 heterocycles. The largest absolute Gasteiger partial charge is 0.465 e. The molecule has 0 fully saturated rings. The zero-order chi connectivity index (χ0) is 12.0. The molecule has 0 aromatic carbocycles. The van der Waals surface area contributed by atoms with Crippen molar-refractivity contribution in [2.24, 2.45) is 5.92 Å². The fraction of sp³-hybridized carbons (Fsp3) is 0.667. The van der Waals surface area contributed by atoms with Crippen LogP contribution < -0.4 is 5.32 Å². The summed E-state index contributed by atoms with van der Waals surface area (Å²) in [6.07, 6.45) is 6.07. The zero-order valence-corrected chi connectivity index (χ0v) is 9.86. The van der Waals surface area contributed by atoms with Crippen molar-refractivity contribution in [1.29, 1.82) is 0 Å². The third kappa shape index (κ3) is 4.47. The van der Waals surface area contributed by atoms with Gasteiger partial charge in [-0.25, -0.2) is 0 Å². The summed E-state index contributed by atoms with van der Waals surface area (Å²) in [7, 11) is 0. The number of hydrogen-bond acceptors (Lipinski definition) is 3. The zero-order valence-electron chi connectivity index (χ0n) is 9.86. The lowest BCUT2D eigenvalue weighted by atomic mass is 10.1. The monoisotopic (exact) mass is 225 g/mol. The van der Waals surface area contributed by atoms with Crippen LogP contribution in [0.4, 0.5) is 0 Å². The second-order valence-electron chi connectivity index (χ2n) is 4.12. The standard InChI is InChI=1S/C12H19NO3/c1-3-4-12(15)16-8-10-5-6-11(7-10)13-9(2)14/h5-6,10-11H,3-4,7-8H2,1-2H3,(H,13,14)/t10-,11+/m1/s1. The molecule has 0 bridgehead atoms. The van der Waals surface area contributed by atoms with E-state index in [1.807, 2.05) is 19.1 Å². The predicted molar refractivity (Wildman–Crippen MR) is 60.7 cm³/mol. The van der Waals surface area contributed by atoms with Gasteiger partial charge in [-0.05, 0) is 12.8 Å². The minimum atomic E-state index is -0.140. The van der Waals surface area contributed by atoms with Crippen molar-refractivity contribution in [3.8, 4) is 0 Å². The van der Waals surface area contributed by atoms with Gasteiger partial charge in [-0.2, -0.15) is 0 Å². The van der Waals surface area contributed by atoms with Crippen molar-refractivity contribution in [2.75, 3.05) is 6.61 Å². The summed E-state index contributed by atoms with van der Waals surface area (Å²) in [6.45, 7) is 3.87. The Morgan fingerprint density at radius 2 is 2.19 bits per heavy atom. The van der Waals surface area contributed by atoms with E-state index >= 15 is 0 Å². The van der Waals surface area contributed by atoms with E-state index in [1.54, 1.807) is 0 Å². The number of hydrogen-bond donors (Lipinski definition) is 1. The molecule has 0 aromatic rings. The maximum absolute atomic E-state index is 11.1. The molecule has 0 aromatic heterocycles. The van der Waals surface area contributed by atoms with Gasteiger partial charge in [0, 0.05) is 25.3 Å². The lowest BCUT2D eigenvalue weighted by Crippen LogP contribution is -2.30. The van der Waals surface area contributed by atoms with Crippen LogP contribution in [-0.4, -0.2) is 24.5 Å². The van der Waals surface area contributed by atoms with E-state index in [0.29, 0.717) is 13.0 Å². The van der Waals surface area contributed by atoms with Gasteiger partial charge in [0.25, 0.3) is 0 Å². The molecule has 0 spiro atoms. The van der Waals surface area contributed by atoms with Crippen LogP contribution in [0.5, 0.6) is 0 Å². The summed E-state index contributed by atoms with van der Waals surface area (Å²) in [5, 5.41) is 2.82. The highest BCUT2D eigenvalue weighted by atomic mass is 16.5. The lowest BCUT2D eigenvalue weighted by molar-refractivity contribution is -0.144. The average molecular weight is 225 g/mol. The van der Waals surface area contributed by atoms with Gasteiger partial charge < -0.3 is 10.1 Å². The number of rotatable bonds is 5. The Bertz CT molecular complexity index is 286. The van der Waals surface area contributed by atoms with Crippen molar-refractivity contribution in [2.45, 2.75) is 39.2 Å². The molecule has 1 amide bonds. The SMILES string of the molecule is CCCC(=O)OC[C@@H]1C=C[C@H](NC(C)=O)C1. The molecular weight excluding hydrogens is 206 g/mol. The van der Waals surface area contributed by atoms with Crippen LogP contribution in [0.25, 0.3) is 0 Å². The Morgan fingerprint density at radius 1 is 1.44 bits per heavy atom. The molecule has 0 radical (unpaired) electrons. The number of ether oxygens (including phenoxy) is 1. The molecule has 4 heteroatoms. The second-order valence-corrected chi connectivity index (χ2v) is 4.12. The molecule has 4 nitrogen and oxygen atoms in total. The minimum Gasteiger partial charge on any atom is -0.465 e. The smallest absolute Gasteiger partial charge is 0.305 e. The van der Waals surface area contributed by atoms with Crippen LogP contribution in [0.1, 0.15) is 33.1 Å². The molecule has 0 saturated heterocycles. The fourth-order valence-corrected chi connectivity index (χ4v) is 1.74.